The smallest absolute Gasteiger partial charge is 0.223 e. The number of hydrogen-bond acceptors (Lipinski definition) is 3. The van der Waals surface area contributed by atoms with Gasteiger partial charge in [-0.3, -0.25) is 9.89 Å². The van der Waals surface area contributed by atoms with Gasteiger partial charge in [-0.25, -0.2) is 4.98 Å². The molecule has 1 atom stereocenters. The van der Waals surface area contributed by atoms with E-state index in [9.17, 15) is 4.79 Å². The summed E-state index contributed by atoms with van der Waals surface area (Å²) in [6, 6.07) is 0.107. The van der Waals surface area contributed by atoms with Gasteiger partial charge in [-0.1, -0.05) is 19.8 Å². The Morgan fingerprint density at radius 3 is 3.11 bits per heavy atom. The van der Waals surface area contributed by atoms with Gasteiger partial charge < -0.3 is 4.90 Å². The van der Waals surface area contributed by atoms with E-state index in [4.69, 9.17) is 0 Å². The molecule has 1 aromatic heterocycles. The van der Waals surface area contributed by atoms with E-state index in [2.05, 4.69) is 22.1 Å². The molecule has 1 aromatic rings. The van der Waals surface area contributed by atoms with Crippen LogP contribution in [0.1, 0.15) is 63.7 Å². The maximum absolute atomic E-state index is 12.2. The number of hydrogen-bond donors (Lipinski definition) is 1. The van der Waals surface area contributed by atoms with Gasteiger partial charge in [0.25, 0.3) is 0 Å². The van der Waals surface area contributed by atoms with Gasteiger partial charge in [0.05, 0.1) is 6.04 Å². The number of amides is 1. The normalized spacial score (nSPS) is 20.1. The fraction of sp³-hybridized carbons (Fsp3) is 0.769. The van der Waals surface area contributed by atoms with E-state index in [0.29, 0.717) is 6.42 Å². The Hall–Kier alpha value is -1.39. The van der Waals surface area contributed by atoms with E-state index in [1.165, 1.54) is 6.33 Å². The Labute approximate surface area is 108 Å². The first kappa shape index (κ1) is 13.1. The fourth-order valence-electron chi connectivity index (χ4n) is 2.56. The first-order valence-electron chi connectivity index (χ1n) is 6.97. The van der Waals surface area contributed by atoms with Crippen LogP contribution in [0, 0.1) is 0 Å². The first-order chi connectivity index (χ1) is 8.83. The molecule has 1 aliphatic heterocycles. The van der Waals surface area contributed by atoms with Gasteiger partial charge in [0, 0.05) is 13.0 Å². The van der Waals surface area contributed by atoms with Gasteiger partial charge in [0.2, 0.25) is 5.91 Å². The Balaban J connectivity index is 1.97. The number of H-pyrrole nitrogens is 1. The second-order valence-electron chi connectivity index (χ2n) is 4.93. The van der Waals surface area contributed by atoms with Crippen molar-refractivity contribution in [2.24, 2.45) is 0 Å². The van der Waals surface area contributed by atoms with Gasteiger partial charge in [0.15, 0.2) is 0 Å². The Morgan fingerprint density at radius 1 is 1.50 bits per heavy atom. The predicted molar refractivity (Wildman–Crippen MR) is 68.8 cm³/mol. The van der Waals surface area contributed by atoms with Gasteiger partial charge in [-0.2, -0.15) is 5.10 Å². The molecule has 1 unspecified atom stereocenters. The fourth-order valence-corrected chi connectivity index (χ4v) is 2.56. The van der Waals surface area contributed by atoms with Crippen molar-refractivity contribution >= 4 is 5.91 Å². The van der Waals surface area contributed by atoms with Gasteiger partial charge in [-0.15, -0.1) is 0 Å². The number of rotatable bonds is 5. The minimum atomic E-state index is 0.107. The molecular weight excluding hydrogens is 228 g/mol. The minimum absolute atomic E-state index is 0.107. The highest BCUT2D eigenvalue weighted by molar-refractivity contribution is 5.76. The largest absolute Gasteiger partial charge is 0.332 e. The zero-order valence-corrected chi connectivity index (χ0v) is 11.1. The molecule has 0 radical (unpaired) electrons. The molecule has 1 aliphatic rings. The highest BCUT2D eigenvalue weighted by Gasteiger charge is 2.29. The number of nitrogens with one attached hydrogen (secondary N) is 1. The van der Waals surface area contributed by atoms with Crippen molar-refractivity contribution in [1.82, 2.24) is 20.1 Å². The summed E-state index contributed by atoms with van der Waals surface area (Å²) in [6.07, 6.45) is 8.71. The lowest BCUT2D eigenvalue weighted by atomic mass is 10.0. The monoisotopic (exact) mass is 250 g/mol. The molecule has 18 heavy (non-hydrogen) atoms. The molecule has 0 aromatic carbocycles. The Kier molecular flexibility index (Phi) is 4.73. The highest BCUT2D eigenvalue weighted by Crippen LogP contribution is 2.29. The van der Waals surface area contributed by atoms with Gasteiger partial charge >= 0.3 is 0 Å². The van der Waals surface area contributed by atoms with Crippen LogP contribution in [0.3, 0.4) is 0 Å². The predicted octanol–water partition coefficient (Wildman–Crippen LogP) is 2.44. The van der Waals surface area contributed by atoms with E-state index >= 15 is 0 Å². The van der Waals surface area contributed by atoms with E-state index in [1.54, 1.807) is 0 Å². The summed E-state index contributed by atoms with van der Waals surface area (Å²) in [5.41, 5.74) is 0. The zero-order chi connectivity index (χ0) is 12.8. The third kappa shape index (κ3) is 3.09. The summed E-state index contributed by atoms with van der Waals surface area (Å²) in [4.78, 5) is 18.4. The molecule has 2 heterocycles. The standard InChI is InChI=1S/C13H22N4O/c1-2-3-4-8-12(18)17-9-6-5-7-11(17)13-14-10-15-16-13/h10-11H,2-9H2,1H3,(H,14,15,16). The van der Waals surface area contributed by atoms with Crippen LogP contribution >= 0.6 is 0 Å². The zero-order valence-electron chi connectivity index (χ0n) is 11.1. The van der Waals surface area contributed by atoms with Crippen molar-refractivity contribution in [3.8, 4) is 0 Å². The van der Waals surface area contributed by atoms with Crippen molar-refractivity contribution in [2.45, 2.75) is 57.9 Å². The van der Waals surface area contributed by atoms with Gasteiger partial charge in [0.1, 0.15) is 12.2 Å². The van der Waals surface area contributed by atoms with Crippen LogP contribution in [0.5, 0.6) is 0 Å². The molecule has 1 fully saturated rings. The molecule has 0 saturated carbocycles. The minimum Gasteiger partial charge on any atom is -0.332 e. The quantitative estimate of drug-likeness (QED) is 0.816. The summed E-state index contributed by atoms with van der Waals surface area (Å²) in [7, 11) is 0. The van der Waals surface area contributed by atoms with Crippen LogP contribution in [0.2, 0.25) is 0 Å². The number of aromatic nitrogens is 3. The van der Waals surface area contributed by atoms with Crippen LogP contribution in [0.15, 0.2) is 6.33 Å². The topological polar surface area (TPSA) is 61.9 Å². The molecule has 1 amide bonds. The van der Waals surface area contributed by atoms with Crippen molar-refractivity contribution in [3.63, 3.8) is 0 Å². The van der Waals surface area contributed by atoms with Crippen LogP contribution < -0.4 is 0 Å². The van der Waals surface area contributed by atoms with Crippen LogP contribution in [-0.4, -0.2) is 32.5 Å². The molecule has 2 rings (SSSR count). The SMILES string of the molecule is CCCCCC(=O)N1CCCCC1c1ncn[nH]1. The second kappa shape index (κ2) is 6.52. The summed E-state index contributed by atoms with van der Waals surface area (Å²) < 4.78 is 0. The molecule has 0 bridgehead atoms. The maximum Gasteiger partial charge on any atom is 0.223 e. The molecule has 5 heteroatoms. The number of nitrogens with zero attached hydrogens (tertiary/aromatic N) is 3. The van der Waals surface area contributed by atoms with E-state index in [0.717, 1.165) is 50.9 Å². The van der Waals surface area contributed by atoms with Crippen LogP contribution in [0.4, 0.5) is 0 Å². The third-order valence-corrected chi connectivity index (χ3v) is 3.57. The summed E-state index contributed by atoms with van der Waals surface area (Å²) >= 11 is 0. The molecule has 5 nitrogen and oxygen atoms in total. The summed E-state index contributed by atoms with van der Waals surface area (Å²) in [5.74, 6) is 1.10. The average molecular weight is 250 g/mol. The average Bonchev–Trinajstić information content (AvgIpc) is 2.93. The lowest BCUT2D eigenvalue weighted by molar-refractivity contribution is -0.135. The molecule has 0 aliphatic carbocycles. The Morgan fingerprint density at radius 2 is 2.39 bits per heavy atom. The van der Waals surface area contributed by atoms with Gasteiger partial charge in [-0.05, 0) is 25.7 Å². The van der Waals surface area contributed by atoms with E-state index in [1.807, 2.05) is 4.90 Å². The number of piperidine rings is 1. The van der Waals surface area contributed by atoms with E-state index in [-0.39, 0.29) is 11.9 Å². The second-order valence-corrected chi connectivity index (χ2v) is 4.93. The van der Waals surface area contributed by atoms with Crippen LogP contribution in [0.25, 0.3) is 0 Å². The molecule has 0 spiro atoms. The number of likely N-dealkylation sites (tertiary alicyclic amines) is 1. The summed E-state index contributed by atoms with van der Waals surface area (Å²) in [5, 5.41) is 6.80. The first-order valence-corrected chi connectivity index (χ1v) is 6.97. The number of unbranched alkanes of at least 4 members (excludes halogenated alkanes) is 2. The number of aromatic amines is 1. The van der Waals surface area contributed by atoms with Crippen molar-refractivity contribution < 1.29 is 4.79 Å². The van der Waals surface area contributed by atoms with Crippen LogP contribution in [-0.2, 0) is 4.79 Å². The number of carbonyl (C=O) groups excluding carboxylic acids is 1. The lowest BCUT2D eigenvalue weighted by Gasteiger charge is -2.34. The molecule has 1 saturated heterocycles. The maximum atomic E-state index is 12.2. The van der Waals surface area contributed by atoms with E-state index < -0.39 is 0 Å². The molecule has 1 N–H and O–H groups in total. The van der Waals surface area contributed by atoms with Crippen molar-refractivity contribution in [1.29, 1.82) is 0 Å². The van der Waals surface area contributed by atoms with Crippen molar-refractivity contribution in [2.75, 3.05) is 6.54 Å². The number of carbonyl (C=O) groups is 1. The molecule has 100 valence electrons. The molecular formula is C13H22N4O. The Bertz CT molecular complexity index is 363. The summed E-state index contributed by atoms with van der Waals surface area (Å²) in [6.45, 7) is 3.01. The third-order valence-electron chi connectivity index (χ3n) is 3.57. The lowest BCUT2D eigenvalue weighted by Crippen LogP contribution is -2.38. The van der Waals surface area contributed by atoms with Crippen molar-refractivity contribution in [3.05, 3.63) is 12.2 Å². The highest BCUT2D eigenvalue weighted by atomic mass is 16.2.